The van der Waals surface area contributed by atoms with Crippen LogP contribution in [-0.2, 0) is 6.54 Å². The number of aromatic nitrogens is 4. The molecule has 5 heteroatoms. The third-order valence-corrected chi connectivity index (χ3v) is 3.61. The van der Waals surface area contributed by atoms with E-state index < -0.39 is 0 Å². The molecule has 0 saturated heterocycles. The first kappa shape index (κ1) is 14.3. The number of anilines is 1. The van der Waals surface area contributed by atoms with Crippen LogP contribution in [0.3, 0.4) is 0 Å². The molecular weight excluding hydrogens is 274 g/mol. The molecule has 3 aromatic rings. The van der Waals surface area contributed by atoms with Crippen molar-refractivity contribution < 1.29 is 0 Å². The molecule has 0 fully saturated rings. The van der Waals surface area contributed by atoms with Crippen LogP contribution in [0.4, 0.5) is 5.82 Å². The first-order valence-electron chi connectivity index (χ1n) is 7.32. The van der Waals surface area contributed by atoms with Gasteiger partial charge in [-0.1, -0.05) is 43.3 Å². The van der Waals surface area contributed by atoms with Crippen LogP contribution in [0, 0.1) is 0 Å². The molecule has 2 aromatic heterocycles. The Balaban J connectivity index is 1.75. The number of nitrogens with two attached hydrogens (primary N) is 1. The molecule has 0 unspecified atom stereocenters. The van der Waals surface area contributed by atoms with Gasteiger partial charge < -0.3 is 5.73 Å². The summed E-state index contributed by atoms with van der Waals surface area (Å²) in [6, 6.07) is 12.3. The molecule has 3 rings (SSSR count). The molecule has 0 atom stereocenters. The largest absolute Gasteiger partial charge is 0.384 e. The molecule has 2 heterocycles. The maximum absolute atomic E-state index is 5.59. The highest BCUT2D eigenvalue weighted by atomic mass is 15.4. The van der Waals surface area contributed by atoms with Gasteiger partial charge in [0.2, 0.25) is 0 Å². The number of nitrogens with zero attached hydrogens (tertiary/aromatic N) is 4. The maximum atomic E-state index is 5.59. The minimum Gasteiger partial charge on any atom is -0.384 e. The lowest BCUT2D eigenvalue weighted by Gasteiger charge is -2.06. The molecule has 0 spiro atoms. The van der Waals surface area contributed by atoms with Gasteiger partial charge in [0.1, 0.15) is 11.5 Å². The van der Waals surface area contributed by atoms with Crippen LogP contribution in [0.5, 0.6) is 0 Å². The van der Waals surface area contributed by atoms with Crippen molar-refractivity contribution in [3.05, 3.63) is 59.9 Å². The summed E-state index contributed by atoms with van der Waals surface area (Å²) in [4.78, 5) is 4.08. The van der Waals surface area contributed by atoms with Crippen LogP contribution >= 0.6 is 0 Å². The molecular formula is C17H19N5. The second-order valence-electron chi connectivity index (χ2n) is 5.67. The molecule has 2 N–H and O–H groups in total. The summed E-state index contributed by atoms with van der Waals surface area (Å²) in [6.45, 7) is 5.09. The molecule has 5 nitrogen and oxygen atoms in total. The van der Waals surface area contributed by atoms with Crippen LogP contribution in [-0.4, -0.2) is 20.0 Å². The Morgan fingerprint density at radius 3 is 2.50 bits per heavy atom. The normalized spacial score (nSPS) is 11.0. The molecule has 22 heavy (non-hydrogen) atoms. The van der Waals surface area contributed by atoms with E-state index in [-0.39, 0.29) is 0 Å². The summed E-state index contributed by atoms with van der Waals surface area (Å²) in [5.74, 6) is 1.05. The predicted octanol–water partition coefficient (Wildman–Crippen LogP) is 3.09. The minimum absolute atomic E-state index is 0.501. The zero-order chi connectivity index (χ0) is 15.5. The number of nitrogen functional groups attached to an aromatic ring is 1. The fourth-order valence-corrected chi connectivity index (χ4v) is 2.26. The number of hydrogen-bond donors (Lipinski definition) is 1. The van der Waals surface area contributed by atoms with E-state index in [4.69, 9.17) is 5.73 Å². The zero-order valence-corrected chi connectivity index (χ0v) is 12.8. The summed E-state index contributed by atoms with van der Waals surface area (Å²) < 4.78 is 1.83. The maximum Gasteiger partial charge on any atom is 0.123 e. The van der Waals surface area contributed by atoms with Gasteiger partial charge in [-0.2, -0.15) is 0 Å². The lowest BCUT2D eigenvalue weighted by molar-refractivity contribution is 0.649. The molecule has 1 aromatic carbocycles. The van der Waals surface area contributed by atoms with Gasteiger partial charge in [0.05, 0.1) is 12.7 Å². The monoisotopic (exact) mass is 293 g/mol. The smallest absolute Gasteiger partial charge is 0.123 e. The Bertz CT molecular complexity index is 741. The Labute approximate surface area is 129 Å². The van der Waals surface area contributed by atoms with Crippen LogP contribution in [0.15, 0.2) is 48.8 Å². The standard InChI is InChI=1S/C17H19N5/c1-12(2)14-5-3-13(4-6-14)10-22-11-16(20-21-22)15-7-8-17(18)19-9-15/h3-9,11-12H,10H2,1-2H3,(H2,18,19). The van der Waals surface area contributed by atoms with Crippen molar-refractivity contribution in [3.8, 4) is 11.3 Å². The summed E-state index contributed by atoms with van der Waals surface area (Å²) in [6.07, 6.45) is 3.63. The first-order valence-corrected chi connectivity index (χ1v) is 7.32. The Morgan fingerprint density at radius 2 is 1.86 bits per heavy atom. The number of rotatable bonds is 4. The van der Waals surface area contributed by atoms with E-state index in [9.17, 15) is 0 Å². The van der Waals surface area contributed by atoms with Crippen molar-refractivity contribution >= 4 is 5.82 Å². The van der Waals surface area contributed by atoms with Crippen LogP contribution in [0.2, 0.25) is 0 Å². The topological polar surface area (TPSA) is 69.6 Å². The van der Waals surface area contributed by atoms with Crippen LogP contribution in [0.1, 0.15) is 30.9 Å². The van der Waals surface area contributed by atoms with Gasteiger partial charge in [0.15, 0.2) is 0 Å². The SMILES string of the molecule is CC(C)c1ccc(Cn2cc(-c3ccc(N)nc3)nn2)cc1. The fraction of sp³-hybridized carbons (Fsp3) is 0.235. The van der Waals surface area contributed by atoms with Gasteiger partial charge >= 0.3 is 0 Å². The molecule has 0 bridgehead atoms. The van der Waals surface area contributed by atoms with Crippen molar-refractivity contribution in [1.29, 1.82) is 0 Å². The number of pyridine rings is 1. The van der Waals surface area contributed by atoms with Crippen molar-refractivity contribution in [2.45, 2.75) is 26.3 Å². The molecule has 0 saturated carbocycles. The first-order chi connectivity index (χ1) is 10.6. The fourth-order valence-electron chi connectivity index (χ4n) is 2.26. The van der Waals surface area contributed by atoms with Gasteiger partial charge in [-0.25, -0.2) is 9.67 Å². The van der Waals surface area contributed by atoms with Gasteiger partial charge in [0.25, 0.3) is 0 Å². The number of hydrogen-bond acceptors (Lipinski definition) is 4. The summed E-state index contributed by atoms with van der Waals surface area (Å²) in [5.41, 5.74) is 9.85. The van der Waals surface area contributed by atoms with Gasteiger partial charge in [-0.3, -0.25) is 0 Å². The van der Waals surface area contributed by atoms with E-state index in [1.165, 1.54) is 11.1 Å². The summed E-state index contributed by atoms with van der Waals surface area (Å²) >= 11 is 0. The van der Waals surface area contributed by atoms with Crippen molar-refractivity contribution in [1.82, 2.24) is 20.0 Å². The Kier molecular flexibility index (Phi) is 3.87. The third kappa shape index (κ3) is 3.14. The zero-order valence-electron chi connectivity index (χ0n) is 12.8. The second-order valence-corrected chi connectivity index (χ2v) is 5.67. The third-order valence-electron chi connectivity index (χ3n) is 3.61. The second kappa shape index (κ2) is 5.97. The highest BCUT2D eigenvalue weighted by Crippen LogP contribution is 2.17. The molecule has 0 aliphatic rings. The quantitative estimate of drug-likeness (QED) is 0.802. The average Bonchev–Trinajstić information content (AvgIpc) is 2.97. The minimum atomic E-state index is 0.501. The Morgan fingerprint density at radius 1 is 1.09 bits per heavy atom. The van der Waals surface area contributed by atoms with E-state index in [2.05, 4.69) is 53.4 Å². The summed E-state index contributed by atoms with van der Waals surface area (Å²) in [5, 5.41) is 8.37. The van der Waals surface area contributed by atoms with Gasteiger partial charge in [0, 0.05) is 11.8 Å². The highest BCUT2D eigenvalue weighted by Gasteiger charge is 2.05. The van der Waals surface area contributed by atoms with E-state index in [0.29, 0.717) is 18.3 Å². The van der Waals surface area contributed by atoms with Crippen LogP contribution < -0.4 is 5.73 Å². The molecule has 112 valence electrons. The molecule has 0 amide bonds. The lowest BCUT2D eigenvalue weighted by atomic mass is 10.0. The highest BCUT2D eigenvalue weighted by molar-refractivity contribution is 5.57. The van der Waals surface area contributed by atoms with Gasteiger partial charge in [-0.15, -0.1) is 5.10 Å². The van der Waals surface area contributed by atoms with Crippen molar-refractivity contribution in [2.75, 3.05) is 5.73 Å². The van der Waals surface area contributed by atoms with Gasteiger partial charge in [-0.05, 0) is 29.2 Å². The van der Waals surface area contributed by atoms with E-state index >= 15 is 0 Å². The molecule has 0 radical (unpaired) electrons. The average molecular weight is 293 g/mol. The summed E-state index contributed by atoms with van der Waals surface area (Å²) in [7, 11) is 0. The Hall–Kier alpha value is -2.69. The molecule has 0 aliphatic carbocycles. The molecule has 0 aliphatic heterocycles. The van der Waals surface area contributed by atoms with E-state index in [1.54, 1.807) is 12.3 Å². The number of benzene rings is 1. The van der Waals surface area contributed by atoms with Crippen molar-refractivity contribution in [3.63, 3.8) is 0 Å². The van der Waals surface area contributed by atoms with E-state index in [0.717, 1.165) is 11.3 Å². The lowest BCUT2D eigenvalue weighted by Crippen LogP contribution is -2.00. The van der Waals surface area contributed by atoms with Crippen molar-refractivity contribution in [2.24, 2.45) is 0 Å². The van der Waals surface area contributed by atoms with Crippen LogP contribution in [0.25, 0.3) is 11.3 Å². The predicted molar refractivity (Wildman–Crippen MR) is 87.3 cm³/mol. The van der Waals surface area contributed by atoms with E-state index in [1.807, 2.05) is 16.9 Å².